The molecule has 2 aromatic rings. The first kappa shape index (κ1) is 14.6. The summed E-state index contributed by atoms with van der Waals surface area (Å²) in [4.78, 5) is 12.3. The minimum atomic E-state index is 0.0462. The molecule has 0 atom stereocenters. The predicted octanol–water partition coefficient (Wildman–Crippen LogP) is 4.47. The van der Waals surface area contributed by atoms with Gasteiger partial charge < -0.3 is 4.74 Å². The Morgan fingerprint density at radius 2 is 1.85 bits per heavy atom. The molecule has 0 saturated carbocycles. The molecule has 0 radical (unpaired) electrons. The van der Waals surface area contributed by atoms with E-state index in [-0.39, 0.29) is 5.78 Å². The maximum atomic E-state index is 12.3. The van der Waals surface area contributed by atoms with Crippen LogP contribution < -0.4 is 4.74 Å². The average Bonchev–Trinajstić information content (AvgIpc) is 2.46. The molecule has 2 nitrogen and oxygen atoms in total. The number of ketones is 1. The van der Waals surface area contributed by atoms with Gasteiger partial charge >= 0.3 is 0 Å². The number of ether oxygens (including phenoxy) is 1. The quantitative estimate of drug-likeness (QED) is 0.759. The molecule has 20 heavy (non-hydrogen) atoms. The Hall–Kier alpha value is -1.80. The fraction of sp³-hybridized carbons (Fsp3) is 0.235. The molecule has 104 valence electrons. The number of carbonyl (C=O) groups is 1. The van der Waals surface area contributed by atoms with Crippen LogP contribution in [0.3, 0.4) is 0 Å². The Morgan fingerprint density at radius 3 is 2.50 bits per heavy atom. The molecule has 2 aromatic carbocycles. The second kappa shape index (κ2) is 6.58. The zero-order valence-electron chi connectivity index (χ0n) is 11.7. The summed E-state index contributed by atoms with van der Waals surface area (Å²) in [6.07, 6.45) is 1.16. The van der Waals surface area contributed by atoms with Crippen LogP contribution in [-0.4, -0.2) is 12.9 Å². The topological polar surface area (TPSA) is 26.3 Å². The summed E-state index contributed by atoms with van der Waals surface area (Å²) in [6.45, 7) is 2.05. The number of hydrogen-bond donors (Lipinski definition) is 0. The lowest BCUT2D eigenvalue weighted by Gasteiger charge is -2.08. The maximum Gasteiger partial charge on any atom is 0.166 e. The molecule has 0 aliphatic rings. The van der Waals surface area contributed by atoms with Gasteiger partial charge in [-0.25, -0.2) is 0 Å². The Balaban J connectivity index is 2.08. The highest BCUT2D eigenvalue weighted by Crippen LogP contribution is 2.24. The molecule has 0 aromatic heterocycles. The summed E-state index contributed by atoms with van der Waals surface area (Å²) in [5.41, 5.74) is 2.92. The van der Waals surface area contributed by atoms with Gasteiger partial charge in [0, 0.05) is 11.4 Å². The Labute approximate surface area is 124 Å². The Bertz CT molecular complexity index is 603. The summed E-state index contributed by atoms with van der Waals surface area (Å²) in [5, 5.41) is 0.546. The van der Waals surface area contributed by atoms with E-state index in [0.717, 1.165) is 12.0 Å². The van der Waals surface area contributed by atoms with E-state index in [1.54, 1.807) is 25.3 Å². The van der Waals surface area contributed by atoms with Crippen LogP contribution in [0.4, 0.5) is 0 Å². The number of benzene rings is 2. The van der Waals surface area contributed by atoms with E-state index in [1.165, 1.54) is 5.56 Å². The van der Waals surface area contributed by atoms with E-state index in [9.17, 15) is 4.79 Å². The Morgan fingerprint density at radius 1 is 1.15 bits per heavy atom. The SMILES string of the molecule is COc1ccc(Cl)cc1C(=O)CCc1ccc(C)cc1. The maximum absolute atomic E-state index is 12.3. The summed E-state index contributed by atoms with van der Waals surface area (Å²) in [6, 6.07) is 13.3. The highest BCUT2D eigenvalue weighted by Gasteiger charge is 2.12. The third-order valence-electron chi connectivity index (χ3n) is 3.22. The number of Topliss-reactive ketones (excluding diaryl/α,β-unsaturated/α-hetero) is 1. The summed E-state index contributed by atoms with van der Waals surface area (Å²) >= 11 is 5.94. The van der Waals surface area contributed by atoms with Crippen LogP contribution >= 0.6 is 11.6 Å². The molecular weight excluding hydrogens is 272 g/mol. The minimum Gasteiger partial charge on any atom is -0.496 e. The molecule has 0 N–H and O–H groups in total. The van der Waals surface area contributed by atoms with Crippen molar-refractivity contribution in [2.24, 2.45) is 0 Å². The van der Waals surface area contributed by atoms with Crippen molar-refractivity contribution in [3.8, 4) is 5.75 Å². The van der Waals surface area contributed by atoms with Crippen LogP contribution in [0.2, 0.25) is 5.02 Å². The van der Waals surface area contributed by atoms with Crippen LogP contribution in [0.1, 0.15) is 27.9 Å². The highest BCUT2D eigenvalue weighted by atomic mass is 35.5. The number of hydrogen-bond acceptors (Lipinski definition) is 2. The molecule has 0 aliphatic heterocycles. The first-order chi connectivity index (χ1) is 9.60. The van der Waals surface area contributed by atoms with Gasteiger partial charge in [-0.15, -0.1) is 0 Å². The minimum absolute atomic E-state index is 0.0462. The van der Waals surface area contributed by atoms with Crippen molar-refractivity contribution in [1.82, 2.24) is 0 Å². The lowest BCUT2D eigenvalue weighted by atomic mass is 10.0. The van der Waals surface area contributed by atoms with Gasteiger partial charge in [-0.3, -0.25) is 4.79 Å². The first-order valence-corrected chi connectivity index (χ1v) is 6.90. The van der Waals surface area contributed by atoms with E-state index in [2.05, 4.69) is 24.3 Å². The van der Waals surface area contributed by atoms with Gasteiger partial charge in [-0.2, -0.15) is 0 Å². The molecule has 0 spiro atoms. The molecule has 2 rings (SSSR count). The van der Waals surface area contributed by atoms with Crippen molar-refractivity contribution in [3.05, 3.63) is 64.2 Å². The monoisotopic (exact) mass is 288 g/mol. The van der Waals surface area contributed by atoms with Crippen molar-refractivity contribution < 1.29 is 9.53 Å². The lowest BCUT2D eigenvalue weighted by molar-refractivity contribution is 0.0980. The second-order valence-corrected chi connectivity index (χ2v) is 5.19. The average molecular weight is 289 g/mol. The zero-order valence-corrected chi connectivity index (χ0v) is 12.4. The normalized spacial score (nSPS) is 10.3. The van der Waals surface area contributed by atoms with E-state index in [0.29, 0.717) is 22.8 Å². The third-order valence-corrected chi connectivity index (χ3v) is 3.46. The molecule has 0 fully saturated rings. The van der Waals surface area contributed by atoms with Gasteiger partial charge in [-0.1, -0.05) is 41.4 Å². The molecule has 0 bridgehead atoms. The summed E-state index contributed by atoms with van der Waals surface area (Å²) in [5.74, 6) is 0.619. The lowest BCUT2D eigenvalue weighted by Crippen LogP contribution is -2.04. The summed E-state index contributed by atoms with van der Waals surface area (Å²) < 4.78 is 5.21. The van der Waals surface area contributed by atoms with Gasteiger partial charge in [-0.05, 0) is 37.1 Å². The van der Waals surface area contributed by atoms with Gasteiger partial charge in [0.15, 0.2) is 5.78 Å². The molecule has 3 heteroatoms. The fourth-order valence-corrected chi connectivity index (χ4v) is 2.22. The number of rotatable bonds is 5. The predicted molar refractivity (Wildman–Crippen MR) is 81.8 cm³/mol. The van der Waals surface area contributed by atoms with Crippen molar-refractivity contribution in [3.63, 3.8) is 0 Å². The molecule has 0 saturated heterocycles. The zero-order chi connectivity index (χ0) is 14.5. The fourth-order valence-electron chi connectivity index (χ4n) is 2.05. The Kier molecular flexibility index (Phi) is 4.80. The van der Waals surface area contributed by atoms with Crippen LogP contribution in [0.15, 0.2) is 42.5 Å². The molecule has 0 aliphatic carbocycles. The van der Waals surface area contributed by atoms with Crippen molar-refractivity contribution in [2.75, 3.05) is 7.11 Å². The highest BCUT2D eigenvalue weighted by molar-refractivity contribution is 6.31. The third kappa shape index (κ3) is 3.61. The number of aryl methyl sites for hydroxylation is 2. The van der Waals surface area contributed by atoms with E-state index in [4.69, 9.17) is 16.3 Å². The number of carbonyl (C=O) groups excluding carboxylic acids is 1. The van der Waals surface area contributed by atoms with E-state index in [1.807, 2.05) is 6.92 Å². The van der Waals surface area contributed by atoms with Crippen molar-refractivity contribution in [1.29, 1.82) is 0 Å². The van der Waals surface area contributed by atoms with Crippen LogP contribution in [0.5, 0.6) is 5.75 Å². The van der Waals surface area contributed by atoms with Gasteiger partial charge in [0.05, 0.1) is 12.7 Å². The second-order valence-electron chi connectivity index (χ2n) is 4.75. The van der Waals surface area contributed by atoms with Crippen LogP contribution in [0, 0.1) is 6.92 Å². The molecular formula is C17H17ClO2. The molecule has 0 heterocycles. The molecule has 0 unspecified atom stereocenters. The van der Waals surface area contributed by atoms with Crippen molar-refractivity contribution >= 4 is 17.4 Å². The first-order valence-electron chi connectivity index (χ1n) is 6.52. The standard InChI is InChI=1S/C17H17ClO2/c1-12-3-5-13(6-4-12)7-9-16(19)15-11-14(18)8-10-17(15)20-2/h3-6,8,10-11H,7,9H2,1-2H3. The van der Waals surface area contributed by atoms with Crippen molar-refractivity contribution in [2.45, 2.75) is 19.8 Å². The van der Waals surface area contributed by atoms with E-state index < -0.39 is 0 Å². The summed E-state index contributed by atoms with van der Waals surface area (Å²) in [7, 11) is 1.56. The van der Waals surface area contributed by atoms with E-state index >= 15 is 0 Å². The van der Waals surface area contributed by atoms with Crippen LogP contribution in [0.25, 0.3) is 0 Å². The number of halogens is 1. The number of methoxy groups -OCH3 is 1. The van der Waals surface area contributed by atoms with Gasteiger partial charge in [0.2, 0.25) is 0 Å². The molecule has 0 amide bonds. The largest absolute Gasteiger partial charge is 0.496 e. The van der Waals surface area contributed by atoms with Gasteiger partial charge in [0.1, 0.15) is 5.75 Å². The smallest absolute Gasteiger partial charge is 0.166 e. The van der Waals surface area contributed by atoms with Crippen LogP contribution in [-0.2, 0) is 6.42 Å². The van der Waals surface area contributed by atoms with Gasteiger partial charge in [0.25, 0.3) is 0 Å².